The van der Waals surface area contributed by atoms with Crippen molar-refractivity contribution in [3.63, 3.8) is 0 Å². The second-order valence-corrected chi connectivity index (χ2v) is 21.6. The molecule has 0 saturated carbocycles. The molecule has 0 aromatic rings. The highest BCUT2D eigenvalue weighted by molar-refractivity contribution is 5.71. The predicted molar refractivity (Wildman–Crippen MR) is 316 cm³/mol. The molecular weight excluding hydrogens is 901 g/mol. The molecule has 0 aromatic carbocycles. The lowest BCUT2D eigenvalue weighted by Crippen LogP contribution is -2.30. The van der Waals surface area contributed by atoms with Gasteiger partial charge in [0.05, 0.1) is 0 Å². The van der Waals surface area contributed by atoms with Gasteiger partial charge in [0, 0.05) is 19.3 Å². The van der Waals surface area contributed by atoms with Crippen molar-refractivity contribution in [2.45, 2.75) is 348 Å². The van der Waals surface area contributed by atoms with Crippen molar-refractivity contribution in [1.82, 2.24) is 0 Å². The lowest BCUT2D eigenvalue weighted by Gasteiger charge is -2.18. The second-order valence-electron chi connectivity index (χ2n) is 21.6. The van der Waals surface area contributed by atoms with Crippen LogP contribution in [0.4, 0.5) is 0 Å². The van der Waals surface area contributed by atoms with Gasteiger partial charge in [0.1, 0.15) is 13.2 Å². The van der Waals surface area contributed by atoms with E-state index >= 15 is 0 Å². The third kappa shape index (κ3) is 60.1. The summed E-state index contributed by atoms with van der Waals surface area (Å²) in [6.07, 6.45) is 77.2. The minimum Gasteiger partial charge on any atom is -0.462 e. The van der Waals surface area contributed by atoms with Gasteiger partial charge < -0.3 is 14.2 Å². The van der Waals surface area contributed by atoms with E-state index in [0.29, 0.717) is 19.3 Å². The standard InChI is InChI=1S/C67H122O6/c1-4-7-10-13-16-19-22-24-26-28-29-30-31-32-33-34-35-36-37-38-40-41-43-45-48-51-54-57-60-66(69)72-63-64(62-71-65(68)59-56-53-50-47-21-18-15-12-9-6-3)73-67(70)61-58-55-52-49-46-44-42-39-27-25-23-20-17-14-11-8-5-2/h8,11-12,15,17,20,25,27,64H,4-7,9-10,13-14,16,18-19,21-24,26,28-63H2,1-3H3/b11-8-,15-12-,20-17-,27-25-. The van der Waals surface area contributed by atoms with Crippen molar-refractivity contribution in [3.8, 4) is 0 Å². The van der Waals surface area contributed by atoms with E-state index in [1.807, 2.05) is 0 Å². The fourth-order valence-corrected chi connectivity index (χ4v) is 9.52. The zero-order valence-corrected chi connectivity index (χ0v) is 48.9. The average Bonchev–Trinajstić information content (AvgIpc) is 3.39. The third-order valence-corrected chi connectivity index (χ3v) is 14.3. The highest BCUT2D eigenvalue weighted by Crippen LogP contribution is 2.18. The first-order valence-electron chi connectivity index (χ1n) is 32.1. The molecule has 0 bridgehead atoms. The maximum atomic E-state index is 12.9. The normalized spacial score (nSPS) is 12.3. The first-order valence-corrected chi connectivity index (χ1v) is 32.1. The number of carbonyl (C=O) groups excluding carboxylic acids is 3. The molecule has 6 nitrogen and oxygen atoms in total. The van der Waals surface area contributed by atoms with Gasteiger partial charge in [-0.2, -0.15) is 0 Å². The molecule has 1 unspecified atom stereocenters. The number of ether oxygens (including phenoxy) is 3. The number of esters is 3. The summed E-state index contributed by atoms with van der Waals surface area (Å²) in [6.45, 7) is 6.50. The summed E-state index contributed by atoms with van der Waals surface area (Å²) in [6, 6.07) is 0. The monoisotopic (exact) mass is 1020 g/mol. The highest BCUT2D eigenvalue weighted by Gasteiger charge is 2.19. The fraction of sp³-hybridized carbons (Fsp3) is 0.836. The van der Waals surface area contributed by atoms with Gasteiger partial charge in [0.15, 0.2) is 6.10 Å². The molecule has 0 saturated heterocycles. The molecule has 73 heavy (non-hydrogen) atoms. The molecule has 0 rings (SSSR count). The molecule has 1 atom stereocenters. The van der Waals surface area contributed by atoms with Crippen LogP contribution in [0, 0.1) is 0 Å². The smallest absolute Gasteiger partial charge is 0.306 e. The average molecular weight is 1020 g/mol. The van der Waals surface area contributed by atoms with E-state index in [1.54, 1.807) is 0 Å². The van der Waals surface area contributed by atoms with E-state index in [-0.39, 0.29) is 31.1 Å². The van der Waals surface area contributed by atoms with Crippen LogP contribution in [0.5, 0.6) is 0 Å². The molecule has 0 heterocycles. The molecule has 426 valence electrons. The molecule has 6 heteroatoms. The Morgan fingerprint density at radius 3 is 0.904 bits per heavy atom. The van der Waals surface area contributed by atoms with Crippen LogP contribution in [0.15, 0.2) is 48.6 Å². The van der Waals surface area contributed by atoms with Gasteiger partial charge in [-0.15, -0.1) is 0 Å². The van der Waals surface area contributed by atoms with E-state index in [2.05, 4.69) is 69.4 Å². The molecular formula is C67H122O6. The summed E-state index contributed by atoms with van der Waals surface area (Å²) >= 11 is 0. The summed E-state index contributed by atoms with van der Waals surface area (Å²) in [4.78, 5) is 38.2. The largest absolute Gasteiger partial charge is 0.462 e. The van der Waals surface area contributed by atoms with Crippen LogP contribution < -0.4 is 0 Å². The minimum atomic E-state index is -0.780. The zero-order valence-electron chi connectivity index (χ0n) is 48.9. The van der Waals surface area contributed by atoms with E-state index in [0.717, 1.165) is 96.3 Å². The van der Waals surface area contributed by atoms with Crippen LogP contribution in [0.3, 0.4) is 0 Å². The molecule has 0 aliphatic carbocycles. The van der Waals surface area contributed by atoms with Crippen LogP contribution in [0.25, 0.3) is 0 Å². The van der Waals surface area contributed by atoms with Crippen molar-refractivity contribution >= 4 is 17.9 Å². The molecule has 0 amide bonds. The van der Waals surface area contributed by atoms with Crippen LogP contribution in [-0.2, 0) is 28.6 Å². The lowest BCUT2D eigenvalue weighted by molar-refractivity contribution is -0.167. The van der Waals surface area contributed by atoms with Gasteiger partial charge in [-0.05, 0) is 70.6 Å². The molecule has 0 N–H and O–H groups in total. The third-order valence-electron chi connectivity index (χ3n) is 14.3. The summed E-state index contributed by atoms with van der Waals surface area (Å²) < 4.78 is 16.9. The molecule has 0 aliphatic rings. The van der Waals surface area contributed by atoms with E-state index in [1.165, 1.54) is 205 Å². The van der Waals surface area contributed by atoms with Gasteiger partial charge in [-0.3, -0.25) is 14.4 Å². The Morgan fingerprint density at radius 1 is 0.288 bits per heavy atom. The van der Waals surface area contributed by atoms with Crippen LogP contribution in [0.1, 0.15) is 342 Å². The Balaban J connectivity index is 4.13. The maximum absolute atomic E-state index is 12.9. The van der Waals surface area contributed by atoms with Crippen molar-refractivity contribution in [2.24, 2.45) is 0 Å². The van der Waals surface area contributed by atoms with Crippen molar-refractivity contribution < 1.29 is 28.6 Å². The predicted octanol–water partition coefficient (Wildman–Crippen LogP) is 21.8. The van der Waals surface area contributed by atoms with E-state index < -0.39 is 6.10 Å². The second kappa shape index (κ2) is 61.9. The van der Waals surface area contributed by atoms with Crippen molar-refractivity contribution in [1.29, 1.82) is 0 Å². The topological polar surface area (TPSA) is 78.9 Å². The van der Waals surface area contributed by atoms with Crippen molar-refractivity contribution in [2.75, 3.05) is 13.2 Å². The number of hydrogen-bond acceptors (Lipinski definition) is 6. The summed E-state index contributed by atoms with van der Waals surface area (Å²) in [5.41, 5.74) is 0. The fourth-order valence-electron chi connectivity index (χ4n) is 9.52. The van der Waals surface area contributed by atoms with E-state index in [9.17, 15) is 14.4 Å². The number of rotatable bonds is 59. The Hall–Kier alpha value is -2.63. The van der Waals surface area contributed by atoms with Crippen molar-refractivity contribution in [3.05, 3.63) is 48.6 Å². The van der Waals surface area contributed by atoms with Crippen LogP contribution >= 0.6 is 0 Å². The van der Waals surface area contributed by atoms with E-state index in [4.69, 9.17) is 14.2 Å². The highest BCUT2D eigenvalue weighted by atomic mass is 16.6. The first-order chi connectivity index (χ1) is 36.0. The number of unbranched alkanes of at least 4 members (excludes halogenated alkanes) is 40. The lowest BCUT2D eigenvalue weighted by atomic mass is 10.0. The van der Waals surface area contributed by atoms with Crippen LogP contribution in [-0.4, -0.2) is 37.2 Å². The Bertz CT molecular complexity index is 1270. The number of allylic oxidation sites excluding steroid dienone is 8. The van der Waals surface area contributed by atoms with Gasteiger partial charge >= 0.3 is 17.9 Å². The quantitative estimate of drug-likeness (QED) is 0.0261. The number of carbonyl (C=O) groups is 3. The Labute approximate surface area is 454 Å². The Morgan fingerprint density at radius 2 is 0.562 bits per heavy atom. The SMILES string of the molecule is CC/C=C\C/C=C\C/C=C\CCCCCCCCCC(=O)OC(COC(=O)CCCCCCC/C=C\CCC)COC(=O)CCCCCCCCCCCCCCCCCCCCCCCCCCCCCC. The summed E-state index contributed by atoms with van der Waals surface area (Å²) in [5.74, 6) is -0.881. The molecule has 0 spiro atoms. The molecule has 0 radical (unpaired) electrons. The summed E-state index contributed by atoms with van der Waals surface area (Å²) in [5, 5.41) is 0. The summed E-state index contributed by atoms with van der Waals surface area (Å²) in [7, 11) is 0. The minimum absolute atomic E-state index is 0.0768. The number of hydrogen-bond donors (Lipinski definition) is 0. The maximum Gasteiger partial charge on any atom is 0.306 e. The molecule has 0 fully saturated rings. The zero-order chi connectivity index (χ0) is 52.9. The Kier molecular flexibility index (Phi) is 59.7. The van der Waals surface area contributed by atoms with Gasteiger partial charge in [0.25, 0.3) is 0 Å². The van der Waals surface area contributed by atoms with Gasteiger partial charge in [-0.1, -0.05) is 301 Å². The molecule has 0 aromatic heterocycles. The van der Waals surface area contributed by atoms with Crippen LogP contribution in [0.2, 0.25) is 0 Å². The van der Waals surface area contributed by atoms with Gasteiger partial charge in [-0.25, -0.2) is 0 Å². The first kappa shape index (κ1) is 70.4. The van der Waals surface area contributed by atoms with Gasteiger partial charge in [0.2, 0.25) is 0 Å². The molecule has 0 aliphatic heterocycles.